The number of pyridine rings is 1. The fourth-order valence-corrected chi connectivity index (χ4v) is 1.63. The maximum atomic E-state index is 7.75. The van der Waals surface area contributed by atoms with Crippen molar-refractivity contribution in [3.63, 3.8) is 0 Å². The summed E-state index contributed by atoms with van der Waals surface area (Å²) in [5.41, 5.74) is 2.33. The molecule has 0 fully saturated rings. The van der Waals surface area contributed by atoms with Crippen LogP contribution in [0, 0.1) is 0 Å². The predicted molar refractivity (Wildman–Crippen MR) is 85.0 cm³/mol. The van der Waals surface area contributed by atoms with E-state index >= 15 is 0 Å². The Bertz CT molecular complexity index is 302. The van der Waals surface area contributed by atoms with Crippen molar-refractivity contribution in [2.45, 2.75) is 34.0 Å². The van der Waals surface area contributed by atoms with Crippen molar-refractivity contribution >= 4 is 25.7 Å². The Morgan fingerprint density at radius 2 is 1.74 bits per heavy atom. The van der Waals surface area contributed by atoms with E-state index in [2.05, 4.69) is 67.7 Å². The van der Waals surface area contributed by atoms with Crippen LogP contribution in [0.3, 0.4) is 0 Å². The molecule has 0 aliphatic heterocycles. The first kappa shape index (κ1) is 24.2. The van der Waals surface area contributed by atoms with Gasteiger partial charge < -0.3 is 4.79 Å². The molecule has 0 spiro atoms. The zero-order valence-electron chi connectivity index (χ0n) is 10.8. The molecule has 0 aliphatic carbocycles. The van der Waals surface area contributed by atoms with Crippen molar-refractivity contribution in [1.29, 1.82) is 0 Å². The number of hydrogen-bond donors (Lipinski definition) is 0. The predicted octanol–water partition coefficient (Wildman–Crippen LogP) is 3.08. The van der Waals surface area contributed by atoms with Crippen molar-refractivity contribution in [3.8, 4) is 0 Å². The molecule has 3 nitrogen and oxygen atoms in total. The molecule has 1 unspecified atom stereocenters. The van der Waals surface area contributed by atoms with Crippen LogP contribution >= 0.6 is 18.9 Å². The van der Waals surface area contributed by atoms with Crippen molar-refractivity contribution in [1.82, 2.24) is 9.88 Å². The molecule has 1 rings (SSSR count). The number of aromatic nitrogens is 1. The summed E-state index contributed by atoms with van der Waals surface area (Å²) in [7, 11) is 7.32. The van der Waals surface area contributed by atoms with Gasteiger partial charge in [0, 0.05) is 18.4 Å². The van der Waals surface area contributed by atoms with Gasteiger partial charge >= 0.3 is 27.0 Å². The molecule has 0 saturated carbocycles. The van der Waals surface area contributed by atoms with E-state index in [-0.39, 0.29) is 7.43 Å². The summed E-state index contributed by atoms with van der Waals surface area (Å²) >= 11 is 1.62. The van der Waals surface area contributed by atoms with Crippen LogP contribution in [0.1, 0.15) is 32.7 Å². The van der Waals surface area contributed by atoms with E-state index in [1.807, 2.05) is 0 Å². The van der Waals surface area contributed by atoms with E-state index in [1.54, 1.807) is 17.3 Å². The number of halogens is 1. The van der Waals surface area contributed by atoms with Gasteiger partial charge in [0.05, 0.1) is 5.69 Å². The van der Waals surface area contributed by atoms with Crippen LogP contribution in [-0.2, 0) is 34.8 Å². The van der Waals surface area contributed by atoms with E-state index in [1.165, 1.54) is 5.69 Å². The van der Waals surface area contributed by atoms with Gasteiger partial charge in [0.1, 0.15) is 0 Å². The summed E-state index contributed by atoms with van der Waals surface area (Å²) in [6, 6.07) is 6.26. The van der Waals surface area contributed by atoms with Crippen LogP contribution in [0.15, 0.2) is 18.2 Å². The number of rotatable bonds is 5. The molecule has 1 aromatic heterocycles. The van der Waals surface area contributed by atoms with Crippen LogP contribution in [0.5, 0.6) is 0 Å². The van der Waals surface area contributed by atoms with Gasteiger partial charge in [-0.05, 0) is 25.2 Å². The summed E-state index contributed by atoms with van der Waals surface area (Å²) in [4.78, 5) is 14.7. The maximum absolute atomic E-state index is 7.75. The average molecular weight is 393 g/mol. The van der Waals surface area contributed by atoms with Gasteiger partial charge in [-0.1, -0.05) is 27.3 Å². The molecular weight excluding hydrogens is 368 g/mol. The third-order valence-corrected chi connectivity index (χ3v) is 2.77. The van der Waals surface area contributed by atoms with Gasteiger partial charge in [-0.25, -0.2) is 0 Å². The Balaban J connectivity index is -0.000000467. The Hall–Kier alpha value is 0.123. The van der Waals surface area contributed by atoms with Crippen LogP contribution in [0.25, 0.3) is 0 Å². The van der Waals surface area contributed by atoms with Gasteiger partial charge in [-0.3, -0.25) is 16.7 Å². The van der Waals surface area contributed by atoms with E-state index in [0.29, 0.717) is 0 Å². The van der Waals surface area contributed by atoms with Crippen LogP contribution in [0.2, 0.25) is 0 Å². The third kappa shape index (κ3) is 11.6. The molecule has 1 heterocycles. The molecule has 1 aromatic rings. The van der Waals surface area contributed by atoms with E-state index in [4.69, 9.17) is 4.79 Å². The van der Waals surface area contributed by atoms with Gasteiger partial charge in [0.15, 0.2) is 0 Å². The Kier molecular flexibility index (Phi) is 23.0. The topological polar surface area (TPSA) is 33.2 Å². The Labute approximate surface area is 134 Å². The molecule has 0 amide bonds. The first-order valence-electron chi connectivity index (χ1n) is 5.55. The molecule has 0 saturated heterocycles. The molecule has 0 N–H and O–H groups in total. The van der Waals surface area contributed by atoms with Gasteiger partial charge in [0.25, 0.3) is 0 Å². The summed E-state index contributed by atoms with van der Waals surface area (Å²) in [5.74, 6) is 0. The second-order valence-electron chi connectivity index (χ2n) is 3.29. The minimum atomic E-state index is 0. The minimum absolute atomic E-state index is 0. The average Bonchev–Trinajstić information content (AvgIpc) is 2.49. The SMILES string of the molecule is C.CCN(CC)Cc1cccc(CP)n1.[CH-]=O.[Cl][RuH+2]. The first-order valence-corrected chi connectivity index (χ1v) is 8.76. The van der Waals surface area contributed by atoms with E-state index in [9.17, 15) is 0 Å². The quantitative estimate of drug-likeness (QED) is 0.334. The van der Waals surface area contributed by atoms with Crippen molar-refractivity contribution in [2.75, 3.05) is 13.1 Å². The Morgan fingerprint density at radius 1 is 1.26 bits per heavy atom. The second-order valence-corrected chi connectivity index (χ2v) is 3.69. The van der Waals surface area contributed by atoms with Gasteiger partial charge in [-0.15, -0.1) is 9.24 Å². The zero-order valence-corrected chi connectivity index (χ0v) is 14.5. The molecule has 0 aliphatic rings. The normalized spacial score (nSPS) is 8.53. The molecule has 0 aromatic carbocycles. The van der Waals surface area contributed by atoms with Gasteiger partial charge in [0.2, 0.25) is 0 Å². The molecular formula is C13H25ClN2OPRu+. The van der Waals surface area contributed by atoms with Crippen LogP contribution < -0.4 is 0 Å². The molecule has 1 atom stereocenters. The zero-order chi connectivity index (χ0) is 14.4. The van der Waals surface area contributed by atoms with E-state index < -0.39 is 0 Å². The Morgan fingerprint density at radius 3 is 2.16 bits per heavy atom. The summed E-state index contributed by atoms with van der Waals surface area (Å²) in [5, 5.41) is 0. The van der Waals surface area contributed by atoms with Gasteiger partial charge in [-0.2, -0.15) is 0 Å². The summed E-state index contributed by atoms with van der Waals surface area (Å²) in [6.45, 7) is 10.8. The van der Waals surface area contributed by atoms with E-state index in [0.717, 1.165) is 31.5 Å². The van der Waals surface area contributed by atoms with Crippen LogP contribution in [0.4, 0.5) is 0 Å². The third-order valence-electron chi connectivity index (χ3n) is 2.35. The first-order chi connectivity index (χ1) is 8.80. The van der Waals surface area contributed by atoms with Crippen molar-refractivity contribution in [3.05, 3.63) is 29.6 Å². The standard InChI is InChI=1S/C11H19N2P.CHO.CH4.ClH.Ru.H/c1-3-13(4-2)8-10-6-5-7-11(9-14)12-10;1-2;;;;/h5-7H,3-4,8-9,14H2,1-2H3;1H;1H4;1H;;/q;-1;;;+3;/p-1. The fourth-order valence-electron chi connectivity index (χ4n) is 1.41. The van der Waals surface area contributed by atoms with Crippen LogP contribution in [-0.4, -0.2) is 29.8 Å². The molecule has 112 valence electrons. The summed E-state index contributed by atoms with van der Waals surface area (Å²) < 4.78 is 0. The number of hydrogen-bond acceptors (Lipinski definition) is 3. The molecule has 0 bridgehead atoms. The van der Waals surface area contributed by atoms with Crippen molar-refractivity contribution < 1.29 is 22.1 Å². The number of carbonyl (C=O) groups excluding carboxylic acids is 1. The molecule has 6 heteroatoms. The summed E-state index contributed by atoms with van der Waals surface area (Å²) in [6.07, 6.45) is 0.937. The molecule has 0 radical (unpaired) electrons. The van der Waals surface area contributed by atoms with Crippen molar-refractivity contribution in [2.24, 2.45) is 0 Å². The monoisotopic (exact) mass is 393 g/mol. The second kappa shape index (κ2) is 18.1. The fraction of sp³-hybridized carbons (Fsp3) is 0.538. The number of nitrogens with zero attached hydrogens (tertiary/aromatic N) is 2. The molecule has 19 heavy (non-hydrogen) atoms.